The van der Waals surface area contributed by atoms with E-state index in [9.17, 15) is 0 Å². The highest BCUT2D eigenvalue weighted by Gasteiger charge is 2.18. The highest BCUT2D eigenvalue weighted by atomic mass is 35.5. The minimum Gasteiger partial charge on any atom is -0.382 e. The SMILES string of the molecule is CN=C(NCCCOCCOC)NCCCN1CCN(c2ccccc2Cl)CC1. The zero-order chi connectivity index (χ0) is 20.7. The van der Waals surface area contributed by atoms with Gasteiger partial charge in [0.2, 0.25) is 0 Å². The number of ether oxygens (including phenoxy) is 2. The van der Waals surface area contributed by atoms with Crippen LogP contribution in [0.15, 0.2) is 29.3 Å². The highest BCUT2D eigenvalue weighted by Crippen LogP contribution is 2.25. The first kappa shape index (κ1) is 23.7. The van der Waals surface area contributed by atoms with Crippen molar-refractivity contribution in [2.75, 3.05) is 84.7 Å². The van der Waals surface area contributed by atoms with E-state index < -0.39 is 0 Å². The number of rotatable bonds is 12. The number of benzene rings is 1. The molecule has 1 aliphatic rings. The van der Waals surface area contributed by atoms with Crippen molar-refractivity contribution in [3.8, 4) is 0 Å². The number of hydrogen-bond donors (Lipinski definition) is 2. The summed E-state index contributed by atoms with van der Waals surface area (Å²) in [5.74, 6) is 0.852. The average Bonchev–Trinajstić information content (AvgIpc) is 2.75. The fraction of sp³-hybridized carbons (Fsp3) is 0.667. The third-order valence-electron chi connectivity index (χ3n) is 4.92. The maximum Gasteiger partial charge on any atom is 0.190 e. The van der Waals surface area contributed by atoms with E-state index in [0.717, 1.165) is 81.9 Å². The second kappa shape index (κ2) is 14.4. The molecule has 0 aliphatic carbocycles. The number of hydrogen-bond acceptors (Lipinski definition) is 5. The van der Waals surface area contributed by atoms with Gasteiger partial charge in [0.1, 0.15) is 0 Å². The van der Waals surface area contributed by atoms with Crippen LogP contribution in [0.3, 0.4) is 0 Å². The molecule has 1 aliphatic heterocycles. The first-order valence-corrected chi connectivity index (χ1v) is 10.9. The van der Waals surface area contributed by atoms with Gasteiger partial charge in [0.05, 0.1) is 23.9 Å². The Bertz CT molecular complexity index is 594. The highest BCUT2D eigenvalue weighted by molar-refractivity contribution is 6.33. The lowest BCUT2D eigenvalue weighted by molar-refractivity contribution is 0.0698. The van der Waals surface area contributed by atoms with Gasteiger partial charge in [-0.05, 0) is 31.5 Å². The molecule has 1 heterocycles. The normalized spacial score (nSPS) is 15.6. The lowest BCUT2D eigenvalue weighted by Crippen LogP contribution is -2.47. The van der Waals surface area contributed by atoms with Crippen molar-refractivity contribution in [3.05, 3.63) is 29.3 Å². The summed E-state index contributed by atoms with van der Waals surface area (Å²) < 4.78 is 10.4. The van der Waals surface area contributed by atoms with Gasteiger partial charge in [-0.1, -0.05) is 23.7 Å². The summed E-state index contributed by atoms with van der Waals surface area (Å²) in [7, 11) is 3.49. The van der Waals surface area contributed by atoms with E-state index >= 15 is 0 Å². The van der Waals surface area contributed by atoms with Crippen molar-refractivity contribution in [1.82, 2.24) is 15.5 Å². The van der Waals surface area contributed by atoms with Gasteiger partial charge in [-0.15, -0.1) is 0 Å². The molecule has 29 heavy (non-hydrogen) atoms. The van der Waals surface area contributed by atoms with Gasteiger partial charge in [0, 0.05) is 60.0 Å². The topological polar surface area (TPSA) is 61.4 Å². The Morgan fingerprint density at radius 1 is 1.03 bits per heavy atom. The molecular formula is C21H36ClN5O2. The number of guanidine groups is 1. The van der Waals surface area contributed by atoms with Gasteiger partial charge in [0.15, 0.2) is 5.96 Å². The van der Waals surface area contributed by atoms with E-state index in [1.165, 1.54) is 0 Å². The first-order chi connectivity index (χ1) is 14.2. The van der Waals surface area contributed by atoms with Crippen LogP contribution in [0, 0.1) is 0 Å². The standard InChI is InChI=1S/C21H36ClN5O2/c1-23-21(25-10-6-16-29-18-17-28-2)24-9-5-11-26-12-14-27(15-13-26)20-8-4-3-7-19(20)22/h3-4,7-8H,5-6,9-18H2,1-2H3,(H2,23,24,25). The molecule has 164 valence electrons. The third kappa shape index (κ3) is 9.21. The van der Waals surface area contributed by atoms with E-state index in [2.05, 4.69) is 37.6 Å². The molecule has 8 heteroatoms. The monoisotopic (exact) mass is 425 g/mol. The average molecular weight is 426 g/mol. The molecule has 0 bridgehead atoms. The maximum atomic E-state index is 6.32. The molecule has 0 atom stereocenters. The van der Waals surface area contributed by atoms with Crippen molar-refractivity contribution in [2.24, 2.45) is 4.99 Å². The Balaban J connectivity index is 1.52. The van der Waals surface area contributed by atoms with E-state index in [0.29, 0.717) is 13.2 Å². The van der Waals surface area contributed by atoms with E-state index in [-0.39, 0.29) is 0 Å². The Morgan fingerprint density at radius 3 is 2.45 bits per heavy atom. The molecule has 0 radical (unpaired) electrons. The lowest BCUT2D eigenvalue weighted by Gasteiger charge is -2.36. The Hall–Kier alpha value is -1.54. The molecule has 1 saturated heterocycles. The fourth-order valence-corrected chi connectivity index (χ4v) is 3.53. The number of para-hydroxylation sites is 1. The zero-order valence-corrected chi connectivity index (χ0v) is 18.6. The van der Waals surface area contributed by atoms with Gasteiger partial charge < -0.3 is 25.0 Å². The lowest BCUT2D eigenvalue weighted by atomic mass is 10.2. The summed E-state index contributed by atoms with van der Waals surface area (Å²) in [6.07, 6.45) is 2.03. The van der Waals surface area contributed by atoms with Crippen molar-refractivity contribution < 1.29 is 9.47 Å². The summed E-state index contributed by atoms with van der Waals surface area (Å²) in [5.41, 5.74) is 1.15. The smallest absolute Gasteiger partial charge is 0.190 e. The summed E-state index contributed by atoms with van der Waals surface area (Å²) in [6, 6.07) is 8.10. The summed E-state index contributed by atoms with van der Waals surface area (Å²) in [5, 5.41) is 7.55. The molecule has 0 spiro atoms. The number of piperazine rings is 1. The van der Waals surface area contributed by atoms with Crippen molar-refractivity contribution in [2.45, 2.75) is 12.8 Å². The predicted molar refractivity (Wildman–Crippen MR) is 121 cm³/mol. The fourth-order valence-electron chi connectivity index (χ4n) is 3.28. The molecule has 0 unspecified atom stereocenters. The van der Waals surface area contributed by atoms with E-state index in [1.807, 2.05) is 12.1 Å². The van der Waals surface area contributed by atoms with Crippen molar-refractivity contribution in [1.29, 1.82) is 0 Å². The molecule has 0 amide bonds. The molecule has 1 aromatic carbocycles. The molecule has 1 aromatic rings. The summed E-state index contributed by atoms with van der Waals surface area (Å²) in [6.45, 7) is 9.05. The van der Waals surface area contributed by atoms with Crippen LogP contribution in [0.5, 0.6) is 0 Å². The second-order valence-electron chi connectivity index (χ2n) is 7.02. The number of aliphatic imine (C=N–C) groups is 1. The number of nitrogens with one attached hydrogen (secondary N) is 2. The van der Waals surface area contributed by atoms with Crippen molar-refractivity contribution in [3.63, 3.8) is 0 Å². The number of nitrogens with zero attached hydrogens (tertiary/aromatic N) is 3. The quantitative estimate of drug-likeness (QED) is 0.304. The van der Waals surface area contributed by atoms with E-state index in [4.69, 9.17) is 21.1 Å². The molecular weight excluding hydrogens is 390 g/mol. The molecule has 0 saturated carbocycles. The van der Waals surface area contributed by atoms with Gasteiger partial charge >= 0.3 is 0 Å². The number of anilines is 1. The van der Waals surface area contributed by atoms with Crippen LogP contribution in [-0.4, -0.2) is 90.7 Å². The molecule has 0 aromatic heterocycles. The molecule has 1 fully saturated rings. The Morgan fingerprint density at radius 2 is 1.76 bits per heavy atom. The van der Waals surface area contributed by atoms with Gasteiger partial charge in [-0.3, -0.25) is 9.89 Å². The Labute approximate surface area is 180 Å². The second-order valence-corrected chi connectivity index (χ2v) is 7.43. The predicted octanol–water partition coefficient (Wildman–Crippen LogP) is 2.07. The minimum atomic E-state index is 0.645. The largest absolute Gasteiger partial charge is 0.382 e. The van der Waals surface area contributed by atoms with Gasteiger partial charge in [0.25, 0.3) is 0 Å². The van der Waals surface area contributed by atoms with Gasteiger partial charge in [-0.2, -0.15) is 0 Å². The first-order valence-electron chi connectivity index (χ1n) is 10.5. The van der Waals surface area contributed by atoms with E-state index in [1.54, 1.807) is 14.2 Å². The van der Waals surface area contributed by atoms with Crippen LogP contribution < -0.4 is 15.5 Å². The van der Waals surface area contributed by atoms with Crippen LogP contribution in [0.2, 0.25) is 5.02 Å². The van der Waals surface area contributed by atoms with Gasteiger partial charge in [-0.25, -0.2) is 0 Å². The van der Waals surface area contributed by atoms with Crippen LogP contribution in [0.25, 0.3) is 0 Å². The summed E-state index contributed by atoms with van der Waals surface area (Å²) >= 11 is 6.32. The maximum absolute atomic E-state index is 6.32. The molecule has 7 nitrogen and oxygen atoms in total. The number of methoxy groups -OCH3 is 1. The van der Waals surface area contributed by atoms with Crippen LogP contribution in [-0.2, 0) is 9.47 Å². The number of halogens is 1. The zero-order valence-electron chi connectivity index (χ0n) is 17.8. The van der Waals surface area contributed by atoms with Crippen LogP contribution in [0.4, 0.5) is 5.69 Å². The van der Waals surface area contributed by atoms with Crippen LogP contribution in [0.1, 0.15) is 12.8 Å². The third-order valence-corrected chi connectivity index (χ3v) is 5.24. The minimum absolute atomic E-state index is 0.645. The van der Waals surface area contributed by atoms with Crippen LogP contribution >= 0.6 is 11.6 Å². The molecule has 2 N–H and O–H groups in total. The van der Waals surface area contributed by atoms with Crippen molar-refractivity contribution >= 4 is 23.2 Å². The Kier molecular flexibility index (Phi) is 11.8. The molecule has 2 rings (SSSR count). The summed E-state index contributed by atoms with van der Waals surface area (Å²) in [4.78, 5) is 9.17.